The molecule has 0 atom stereocenters. The Balaban J connectivity index is 2.15. The highest BCUT2D eigenvalue weighted by Gasteiger charge is 2.06. The number of aromatic nitrogens is 1. The van der Waals surface area contributed by atoms with E-state index < -0.39 is 0 Å². The minimum Gasteiger partial charge on any atom is -0.367 e. The third-order valence-corrected chi connectivity index (χ3v) is 3.17. The molecule has 1 aromatic carbocycles. The maximum absolute atomic E-state index is 11.7. The fraction of sp³-hybridized carbons (Fsp3) is 0.0833. The van der Waals surface area contributed by atoms with Crippen molar-refractivity contribution < 1.29 is 4.79 Å². The third-order valence-electron chi connectivity index (χ3n) is 2.28. The highest BCUT2D eigenvalue weighted by Crippen LogP contribution is 2.20. The van der Waals surface area contributed by atoms with Crippen molar-refractivity contribution in [2.24, 2.45) is 0 Å². The van der Waals surface area contributed by atoms with E-state index in [1.807, 2.05) is 25.1 Å². The van der Waals surface area contributed by atoms with Gasteiger partial charge in [0, 0.05) is 22.6 Å². The molecule has 0 spiro atoms. The van der Waals surface area contributed by atoms with Crippen LogP contribution in [0, 0.1) is 6.92 Å². The lowest BCUT2D eigenvalue weighted by Crippen LogP contribution is -2.10. The van der Waals surface area contributed by atoms with Crippen LogP contribution in [0.1, 0.15) is 15.9 Å². The van der Waals surface area contributed by atoms with Gasteiger partial charge in [0.05, 0.1) is 5.56 Å². The van der Waals surface area contributed by atoms with Gasteiger partial charge >= 0.3 is 0 Å². The molecule has 0 aliphatic carbocycles. The van der Waals surface area contributed by atoms with Crippen LogP contribution >= 0.6 is 15.9 Å². The highest BCUT2D eigenvalue weighted by molar-refractivity contribution is 9.10. The molecule has 0 aliphatic rings. The number of aromatic amines is 1. The Kier molecular flexibility index (Phi) is 3.10. The molecular weight excluding hydrogens is 268 g/mol. The molecule has 2 rings (SSSR count). The predicted molar refractivity (Wildman–Crippen MR) is 67.6 cm³/mol. The summed E-state index contributed by atoms with van der Waals surface area (Å²) in [6.07, 6.45) is 3.39. The molecule has 0 saturated heterocycles. The number of hydrogen-bond acceptors (Lipinski definition) is 1. The molecule has 16 heavy (non-hydrogen) atoms. The van der Waals surface area contributed by atoms with Gasteiger partial charge in [-0.25, -0.2) is 0 Å². The SMILES string of the molecule is Cc1cc(NC(=O)c2cc[nH]c2)ccc1Br. The van der Waals surface area contributed by atoms with Crippen LogP contribution in [0.3, 0.4) is 0 Å². The van der Waals surface area contributed by atoms with Gasteiger partial charge in [-0.3, -0.25) is 4.79 Å². The van der Waals surface area contributed by atoms with Crippen molar-refractivity contribution in [3.8, 4) is 0 Å². The number of rotatable bonds is 2. The van der Waals surface area contributed by atoms with Crippen molar-refractivity contribution in [2.45, 2.75) is 6.92 Å². The summed E-state index contributed by atoms with van der Waals surface area (Å²) in [6.45, 7) is 1.98. The molecule has 82 valence electrons. The topological polar surface area (TPSA) is 44.9 Å². The first-order valence-corrected chi connectivity index (χ1v) is 5.66. The van der Waals surface area contributed by atoms with Crippen molar-refractivity contribution in [3.05, 3.63) is 52.3 Å². The Morgan fingerprint density at radius 2 is 2.19 bits per heavy atom. The first-order chi connectivity index (χ1) is 7.66. The summed E-state index contributed by atoms with van der Waals surface area (Å²) in [5.41, 5.74) is 2.51. The van der Waals surface area contributed by atoms with Crippen molar-refractivity contribution in [2.75, 3.05) is 5.32 Å². The van der Waals surface area contributed by atoms with Crippen molar-refractivity contribution in [1.82, 2.24) is 4.98 Å². The van der Waals surface area contributed by atoms with Gasteiger partial charge in [0.2, 0.25) is 0 Å². The number of hydrogen-bond donors (Lipinski definition) is 2. The fourth-order valence-electron chi connectivity index (χ4n) is 1.39. The second-order valence-electron chi connectivity index (χ2n) is 3.52. The largest absolute Gasteiger partial charge is 0.367 e. The van der Waals surface area contributed by atoms with Crippen LogP contribution in [0.4, 0.5) is 5.69 Å². The molecule has 0 fully saturated rings. The van der Waals surface area contributed by atoms with Crippen LogP contribution in [0.25, 0.3) is 0 Å². The Morgan fingerprint density at radius 3 is 2.81 bits per heavy atom. The van der Waals surface area contributed by atoms with Crippen LogP contribution in [-0.2, 0) is 0 Å². The molecule has 0 radical (unpaired) electrons. The van der Waals surface area contributed by atoms with Gasteiger partial charge in [0.15, 0.2) is 0 Å². The number of anilines is 1. The lowest BCUT2D eigenvalue weighted by atomic mass is 10.2. The Hall–Kier alpha value is -1.55. The van der Waals surface area contributed by atoms with E-state index >= 15 is 0 Å². The summed E-state index contributed by atoms with van der Waals surface area (Å²) < 4.78 is 1.03. The zero-order chi connectivity index (χ0) is 11.5. The molecular formula is C12H11BrN2O. The molecule has 0 unspecified atom stereocenters. The second-order valence-corrected chi connectivity index (χ2v) is 4.37. The maximum atomic E-state index is 11.7. The first-order valence-electron chi connectivity index (χ1n) is 4.87. The van der Waals surface area contributed by atoms with Gasteiger partial charge < -0.3 is 10.3 Å². The predicted octanol–water partition coefficient (Wildman–Crippen LogP) is 3.34. The molecule has 0 saturated carbocycles. The van der Waals surface area contributed by atoms with Gasteiger partial charge in [-0.2, -0.15) is 0 Å². The van der Waals surface area contributed by atoms with Crippen LogP contribution in [0.5, 0.6) is 0 Å². The van der Waals surface area contributed by atoms with Gasteiger partial charge in [-0.05, 0) is 36.8 Å². The van der Waals surface area contributed by atoms with Gasteiger partial charge in [0.25, 0.3) is 5.91 Å². The minimum atomic E-state index is -0.108. The molecule has 0 bridgehead atoms. The molecule has 1 aromatic heterocycles. The standard InChI is InChI=1S/C12H11BrN2O/c1-8-6-10(2-3-11(8)13)15-12(16)9-4-5-14-7-9/h2-7,14H,1H3,(H,15,16). The van der Waals surface area contributed by atoms with E-state index in [0.717, 1.165) is 15.7 Å². The number of H-pyrrole nitrogens is 1. The average Bonchev–Trinajstić information content (AvgIpc) is 2.77. The zero-order valence-electron chi connectivity index (χ0n) is 8.75. The van der Waals surface area contributed by atoms with E-state index in [9.17, 15) is 4.79 Å². The number of carbonyl (C=O) groups is 1. The van der Waals surface area contributed by atoms with Crippen molar-refractivity contribution in [3.63, 3.8) is 0 Å². The number of amides is 1. The fourth-order valence-corrected chi connectivity index (χ4v) is 1.64. The minimum absolute atomic E-state index is 0.108. The molecule has 2 aromatic rings. The molecule has 3 nitrogen and oxygen atoms in total. The van der Waals surface area contributed by atoms with Crippen LogP contribution in [0.2, 0.25) is 0 Å². The molecule has 4 heteroatoms. The number of carbonyl (C=O) groups excluding carboxylic acids is 1. The second kappa shape index (κ2) is 4.53. The van der Waals surface area contributed by atoms with Gasteiger partial charge in [0.1, 0.15) is 0 Å². The Bertz CT molecular complexity index is 506. The lowest BCUT2D eigenvalue weighted by molar-refractivity contribution is 0.102. The van der Waals surface area contributed by atoms with Crippen LogP contribution < -0.4 is 5.32 Å². The van der Waals surface area contributed by atoms with Crippen molar-refractivity contribution >= 4 is 27.5 Å². The first kappa shape index (κ1) is 11.0. The lowest BCUT2D eigenvalue weighted by Gasteiger charge is -2.05. The van der Waals surface area contributed by atoms with E-state index in [0.29, 0.717) is 5.56 Å². The molecule has 1 heterocycles. The number of aryl methyl sites for hydroxylation is 1. The normalized spacial score (nSPS) is 10.1. The Labute approximate surface area is 102 Å². The van der Waals surface area contributed by atoms with E-state index in [4.69, 9.17) is 0 Å². The number of benzene rings is 1. The summed E-state index contributed by atoms with van der Waals surface area (Å²) in [4.78, 5) is 14.6. The zero-order valence-corrected chi connectivity index (χ0v) is 10.3. The monoisotopic (exact) mass is 278 g/mol. The van der Waals surface area contributed by atoms with Crippen molar-refractivity contribution in [1.29, 1.82) is 0 Å². The summed E-state index contributed by atoms with van der Waals surface area (Å²) in [5.74, 6) is -0.108. The van der Waals surface area contributed by atoms with E-state index in [1.54, 1.807) is 18.5 Å². The molecule has 0 aliphatic heterocycles. The summed E-state index contributed by atoms with van der Waals surface area (Å²) in [7, 11) is 0. The van der Waals surface area contributed by atoms with Gasteiger partial charge in [-0.1, -0.05) is 15.9 Å². The molecule has 1 amide bonds. The van der Waals surface area contributed by atoms with Crippen LogP contribution in [0.15, 0.2) is 41.1 Å². The highest BCUT2D eigenvalue weighted by atomic mass is 79.9. The summed E-state index contributed by atoms with van der Waals surface area (Å²) in [6, 6.07) is 7.44. The average molecular weight is 279 g/mol. The van der Waals surface area contributed by atoms with Crippen LogP contribution in [-0.4, -0.2) is 10.9 Å². The summed E-state index contributed by atoms with van der Waals surface area (Å²) in [5, 5.41) is 2.83. The number of halogens is 1. The quantitative estimate of drug-likeness (QED) is 0.870. The van der Waals surface area contributed by atoms with Gasteiger partial charge in [-0.15, -0.1) is 0 Å². The van der Waals surface area contributed by atoms with E-state index in [1.165, 1.54) is 0 Å². The summed E-state index contributed by atoms with van der Waals surface area (Å²) >= 11 is 3.42. The molecule has 2 N–H and O–H groups in total. The third kappa shape index (κ3) is 2.33. The smallest absolute Gasteiger partial charge is 0.257 e. The Morgan fingerprint density at radius 1 is 1.38 bits per heavy atom. The number of nitrogens with one attached hydrogen (secondary N) is 2. The van der Waals surface area contributed by atoms with E-state index in [2.05, 4.69) is 26.2 Å². The maximum Gasteiger partial charge on any atom is 0.257 e. The van der Waals surface area contributed by atoms with E-state index in [-0.39, 0.29) is 5.91 Å².